The quantitative estimate of drug-likeness (QED) is 0.140. The summed E-state index contributed by atoms with van der Waals surface area (Å²) in [5.41, 5.74) is 12.5. The third kappa shape index (κ3) is 7.27. The number of hydrogen-bond donors (Lipinski definition) is 0. The molecule has 0 N–H and O–H groups in total. The lowest BCUT2D eigenvalue weighted by molar-refractivity contribution is 0.307. The first kappa shape index (κ1) is 41.1. The number of hydrogen-bond acceptors (Lipinski definition) is 4. The minimum atomic E-state index is -0.427. The molecule has 8 unspecified atom stereocenters. The predicted octanol–water partition coefficient (Wildman–Crippen LogP) is 16.0. The number of allylic oxidation sites excluding steroid dienone is 14. The lowest BCUT2D eigenvalue weighted by atomic mass is 9.64. The molecule has 1 fully saturated rings. The van der Waals surface area contributed by atoms with E-state index in [1.807, 2.05) is 11.3 Å². The van der Waals surface area contributed by atoms with Crippen LogP contribution in [-0.2, 0) is 0 Å². The summed E-state index contributed by atoms with van der Waals surface area (Å²) in [4.78, 5) is 15.0. The van der Waals surface area contributed by atoms with Crippen molar-refractivity contribution in [3.8, 4) is 11.1 Å². The number of fused-ring (bicyclic) bond motifs is 7. The van der Waals surface area contributed by atoms with Crippen molar-refractivity contribution < 1.29 is 0 Å². The second kappa shape index (κ2) is 17.5. The van der Waals surface area contributed by atoms with Crippen LogP contribution in [0.4, 0.5) is 5.69 Å². The molecule has 3 heterocycles. The van der Waals surface area contributed by atoms with Crippen molar-refractivity contribution in [1.82, 2.24) is 0 Å². The minimum Gasteiger partial charge on any atom is -0.438 e. The molecule has 5 heteroatoms. The smallest absolute Gasteiger partial charge is 0.0822 e. The van der Waals surface area contributed by atoms with Gasteiger partial charge in [0.2, 0.25) is 0 Å². The minimum absolute atomic E-state index is 0.244. The molecule has 5 aromatic carbocycles. The molecule has 0 saturated carbocycles. The van der Waals surface area contributed by atoms with Crippen molar-refractivity contribution in [2.75, 3.05) is 4.90 Å². The zero-order chi connectivity index (χ0) is 45.0. The Hall–Kier alpha value is -7.08. The van der Waals surface area contributed by atoms with Gasteiger partial charge in [0, 0.05) is 50.2 Å². The van der Waals surface area contributed by atoms with E-state index in [0.717, 1.165) is 53.8 Å². The molecular weight excluding hydrogens is 845 g/mol. The average Bonchev–Trinajstić information content (AvgIpc) is 3.97. The van der Waals surface area contributed by atoms with Gasteiger partial charge in [0.1, 0.15) is 0 Å². The van der Waals surface area contributed by atoms with Crippen LogP contribution in [0.5, 0.6) is 0 Å². The van der Waals surface area contributed by atoms with E-state index in [1.165, 1.54) is 49.5 Å². The van der Waals surface area contributed by atoms with Crippen LogP contribution in [0.3, 0.4) is 0 Å². The highest BCUT2D eigenvalue weighted by atomic mass is 32.1. The van der Waals surface area contributed by atoms with Crippen LogP contribution in [0, 0.1) is 23.7 Å². The Kier molecular flexibility index (Phi) is 10.6. The standard InChI is InChI=1S/C63H53N4S/c1-6-19-41(20-7-1)49-30-18-31-50(42-21-8-2-9-22-42)58(49)46-33-35-48(52(40-46)63-65-61(43-23-10-3-11-24-43)64-62(66-63)44-25-12-4-13-26-44)45-34-37-56-53(39-45)60-57(68-56)38-36-55-59(60)51-29-16-17-32-54(51)67(55)47-27-14-5-15-28-47/h1-17,19,21,23-28,30,32-42,50-51,55,58-59,61H,18,20,22,29,31H2/q-1. The van der Waals surface area contributed by atoms with Crippen molar-refractivity contribution in [2.45, 2.75) is 56.1 Å². The summed E-state index contributed by atoms with van der Waals surface area (Å²) in [6, 6.07) is 46.8. The topological polar surface area (TPSA) is 42.1 Å². The van der Waals surface area contributed by atoms with Gasteiger partial charge in [0.25, 0.3) is 0 Å². The second-order valence-corrected chi connectivity index (χ2v) is 20.4. The summed E-state index contributed by atoms with van der Waals surface area (Å²) >= 11 is 1.94. The Balaban J connectivity index is 0.996. The van der Waals surface area contributed by atoms with Gasteiger partial charge in [-0.15, -0.1) is 11.3 Å². The highest BCUT2D eigenvalue weighted by Crippen LogP contribution is 2.56. The maximum absolute atomic E-state index is 5.52. The van der Waals surface area contributed by atoms with Crippen molar-refractivity contribution in [2.24, 2.45) is 33.7 Å². The van der Waals surface area contributed by atoms with E-state index in [9.17, 15) is 0 Å². The summed E-state index contributed by atoms with van der Waals surface area (Å²) < 4.78 is 1.34. The van der Waals surface area contributed by atoms with E-state index in [2.05, 4.69) is 217 Å². The molecular formula is C63H53N4S-. The average molecular weight is 898 g/mol. The van der Waals surface area contributed by atoms with Crippen molar-refractivity contribution in [3.05, 3.63) is 256 Å². The van der Waals surface area contributed by atoms with Gasteiger partial charge in [0.15, 0.2) is 0 Å². The summed E-state index contributed by atoms with van der Waals surface area (Å²) in [5.74, 6) is 3.78. The molecule has 2 aliphatic heterocycles. The molecule has 4 nitrogen and oxygen atoms in total. The van der Waals surface area contributed by atoms with Crippen LogP contribution in [0.15, 0.2) is 228 Å². The maximum atomic E-state index is 5.52. The Morgan fingerprint density at radius 1 is 0.662 bits per heavy atom. The van der Waals surface area contributed by atoms with Crippen LogP contribution in [0.2, 0.25) is 0 Å². The Labute approximate surface area is 404 Å². The molecule has 0 radical (unpaired) electrons. The largest absolute Gasteiger partial charge is 0.438 e. The van der Waals surface area contributed by atoms with Gasteiger partial charge < -0.3 is 15.2 Å². The van der Waals surface area contributed by atoms with Crippen molar-refractivity contribution >= 4 is 44.9 Å². The summed E-state index contributed by atoms with van der Waals surface area (Å²) in [7, 11) is 0. The molecule has 0 amide bonds. The highest BCUT2D eigenvalue weighted by Gasteiger charge is 2.48. The van der Waals surface area contributed by atoms with Gasteiger partial charge in [0.05, 0.1) is 18.0 Å². The summed E-state index contributed by atoms with van der Waals surface area (Å²) in [6.45, 7) is 0. The fourth-order valence-corrected chi connectivity index (χ4v) is 13.6. The molecule has 7 aliphatic rings. The van der Waals surface area contributed by atoms with Gasteiger partial charge in [-0.1, -0.05) is 181 Å². The monoisotopic (exact) mass is 897 g/mol. The number of anilines is 1. The molecule has 332 valence electrons. The van der Waals surface area contributed by atoms with Gasteiger partial charge in [-0.25, -0.2) is 0 Å². The maximum Gasteiger partial charge on any atom is 0.0822 e. The van der Waals surface area contributed by atoms with E-state index in [4.69, 9.17) is 15.3 Å². The number of amidine groups is 2. The van der Waals surface area contributed by atoms with E-state index in [1.54, 1.807) is 5.57 Å². The third-order valence-corrected chi connectivity index (χ3v) is 16.7. The Morgan fingerprint density at radius 2 is 1.46 bits per heavy atom. The molecule has 1 aromatic heterocycles. The van der Waals surface area contributed by atoms with E-state index in [0.29, 0.717) is 35.4 Å². The Morgan fingerprint density at radius 3 is 2.26 bits per heavy atom. The molecule has 6 aromatic rings. The number of nitrogens with zero attached hydrogens (tertiary/aromatic N) is 4. The molecule has 1 saturated heterocycles. The first-order chi connectivity index (χ1) is 33.7. The first-order valence-electron chi connectivity index (χ1n) is 24.7. The van der Waals surface area contributed by atoms with Crippen LogP contribution >= 0.6 is 11.3 Å². The zero-order valence-electron chi connectivity index (χ0n) is 38.1. The van der Waals surface area contributed by atoms with Gasteiger partial charge in [-0.2, -0.15) is 0 Å². The molecule has 5 aliphatic carbocycles. The number of para-hydroxylation sites is 1. The number of benzene rings is 5. The fraction of sp³-hybridized carbons (Fsp3) is 0.206. The summed E-state index contributed by atoms with van der Waals surface area (Å²) in [5, 5.41) is 6.60. The second-order valence-electron chi connectivity index (χ2n) is 19.3. The van der Waals surface area contributed by atoms with Crippen LogP contribution < -0.4 is 4.90 Å². The van der Waals surface area contributed by atoms with E-state index in [-0.39, 0.29) is 12.0 Å². The number of rotatable bonds is 8. The van der Waals surface area contributed by atoms with Crippen molar-refractivity contribution in [1.29, 1.82) is 0 Å². The lowest BCUT2D eigenvalue weighted by Crippen LogP contribution is -2.30. The number of thiophene rings is 1. The lowest BCUT2D eigenvalue weighted by Gasteiger charge is -2.40. The molecule has 8 atom stereocenters. The fourth-order valence-electron chi connectivity index (χ4n) is 12.5. The van der Waals surface area contributed by atoms with Crippen LogP contribution in [-0.4, -0.2) is 17.7 Å². The normalized spacial score (nSPS) is 26.6. The van der Waals surface area contributed by atoms with E-state index < -0.39 is 6.17 Å². The molecule has 0 bridgehead atoms. The van der Waals surface area contributed by atoms with Gasteiger partial charge in [-0.05, 0) is 125 Å². The molecule has 68 heavy (non-hydrogen) atoms. The molecule has 0 spiro atoms. The first-order valence-corrected chi connectivity index (χ1v) is 25.5. The Bertz CT molecular complexity index is 3230. The number of aliphatic imine (C=N–C) groups is 2. The SMILES string of the molecule is C1=CCC(C2=CCCC(C3C=CC=CC3)C2c2ccc(-c3ccc4sc5c(c4c3)C3C4CC=CC=C4N(c4ccccc4)C3C=C5)c(C3=NC(c4ccccc4)[N-]C(c4ccccc4)=N3)c2)C=C1. The predicted molar refractivity (Wildman–Crippen MR) is 285 cm³/mol. The highest BCUT2D eigenvalue weighted by molar-refractivity contribution is 7.20. The molecule has 13 rings (SSSR count). The van der Waals surface area contributed by atoms with E-state index >= 15 is 0 Å². The van der Waals surface area contributed by atoms with Crippen LogP contribution in [0.25, 0.3) is 32.6 Å². The summed E-state index contributed by atoms with van der Waals surface area (Å²) in [6.07, 6.45) is 38.0. The van der Waals surface area contributed by atoms with Gasteiger partial charge in [-0.3, -0.25) is 4.99 Å². The third-order valence-electron chi connectivity index (χ3n) is 15.5. The van der Waals surface area contributed by atoms with Crippen molar-refractivity contribution in [3.63, 3.8) is 0 Å². The van der Waals surface area contributed by atoms with Crippen LogP contribution in [0.1, 0.15) is 82.8 Å². The van der Waals surface area contributed by atoms with Gasteiger partial charge >= 0.3 is 0 Å². The zero-order valence-corrected chi connectivity index (χ0v) is 38.9.